The maximum atomic E-state index is 11.8. The number of rotatable bonds is 6. The number of aryl methyl sites for hydroxylation is 1. The lowest BCUT2D eigenvalue weighted by molar-refractivity contribution is 0.241. The fraction of sp³-hybridized carbons (Fsp3) is 0.462. The largest absolute Gasteiger partial charge is 0.396 e. The van der Waals surface area contributed by atoms with Crippen molar-refractivity contribution in [1.82, 2.24) is 5.32 Å². The lowest BCUT2D eigenvalue weighted by Gasteiger charge is -2.17. The molecule has 0 spiro atoms. The third kappa shape index (κ3) is 5.42. The molecular formula is C13H20N2O2S. The van der Waals surface area contributed by atoms with Gasteiger partial charge in [-0.2, -0.15) is 11.8 Å². The topological polar surface area (TPSA) is 61.4 Å². The van der Waals surface area contributed by atoms with Crippen molar-refractivity contribution in [1.29, 1.82) is 0 Å². The lowest BCUT2D eigenvalue weighted by Crippen LogP contribution is -2.40. The Bertz CT molecular complexity index is 379. The van der Waals surface area contributed by atoms with Crippen LogP contribution in [0.5, 0.6) is 0 Å². The number of thioether (sulfide) groups is 1. The summed E-state index contributed by atoms with van der Waals surface area (Å²) >= 11 is 1.65. The second kappa shape index (κ2) is 8.00. The highest BCUT2D eigenvalue weighted by Gasteiger charge is 2.11. The van der Waals surface area contributed by atoms with E-state index in [9.17, 15) is 4.79 Å². The third-order valence-corrected chi connectivity index (χ3v) is 3.19. The maximum Gasteiger partial charge on any atom is 0.319 e. The fourth-order valence-corrected chi connectivity index (χ4v) is 2.28. The molecular weight excluding hydrogens is 248 g/mol. The first-order chi connectivity index (χ1) is 8.65. The normalized spacial score (nSPS) is 11.9. The Morgan fingerprint density at radius 2 is 2.28 bits per heavy atom. The SMILES string of the molecule is CSCC(CCO)NC(=O)Nc1cccc(C)c1. The van der Waals surface area contributed by atoms with Crippen LogP contribution in [0.4, 0.5) is 10.5 Å². The van der Waals surface area contributed by atoms with E-state index in [4.69, 9.17) is 5.11 Å². The molecule has 4 nitrogen and oxygen atoms in total. The Hall–Kier alpha value is -1.20. The second-order valence-electron chi connectivity index (χ2n) is 4.13. The van der Waals surface area contributed by atoms with Crippen molar-refractivity contribution in [3.05, 3.63) is 29.8 Å². The number of carbonyl (C=O) groups is 1. The van der Waals surface area contributed by atoms with Crippen LogP contribution in [0, 0.1) is 6.92 Å². The standard InChI is InChI=1S/C13H20N2O2S/c1-10-4-3-5-11(8-10)14-13(17)15-12(6-7-16)9-18-2/h3-5,8,12,16H,6-7,9H2,1-2H3,(H2,14,15,17). The van der Waals surface area contributed by atoms with Gasteiger partial charge in [-0.25, -0.2) is 4.79 Å². The number of aliphatic hydroxyl groups excluding tert-OH is 1. The molecule has 5 heteroatoms. The average Bonchev–Trinajstić information content (AvgIpc) is 2.29. The third-order valence-electron chi connectivity index (χ3n) is 2.46. The quantitative estimate of drug-likeness (QED) is 0.741. The Balaban J connectivity index is 2.49. The summed E-state index contributed by atoms with van der Waals surface area (Å²) in [5, 5.41) is 14.6. The van der Waals surface area contributed by atoms with Crippen LogP contribution in [0.15, 0.2) is 24.3 Å². The van der Waals surface area contributed by atoms with E-state index in [2.05, 4.69) is 10.6 Å². The van der Waals surface area contributed by atoms with Gasteiger partial charge in [0, 0.05) is 24.1 Å². The van der Waals surface area contributed by atoms with Gasteiger partial charge in [-0.1, -0.05) is 12.1 Å². The molecule has 0 aliphatic heterocycles. The van der Waals surface area contributed by atoms with Crippen molar-refractivity contribution in [3.63, 3.8) is 0 Å². The molecule has 0 fully saturated rings. The molecule has 100 valence electrons. The molecule has 0 aliphatic rings. The number of amides is 2. The van der Waals surface area contributed by atoms with Gasteiger partial charge in [-0.05, 0) is 37.3 Å². The summed E-state index contributed by atoms with van der Waals surface area (Å²) in [7, 11) is 0. The van der Waals surface area contributed by atoms with Crippen molar-refractivity contribution in [2.45, 2.75) is 19.4 Å². The Kier molecular flexibility index (Phi) is 6.60. The molecule has 0 saturated heterocycles. The molecule has 0 bridgehead atoms. The number of anilines is 1. The molecule has 1 atom stereocenters. The molecule has 0 aliphatic carbocycles. The van der Waals surface area contributed by atoms with Crippen LogP contribution < -0.4 is 10.6 Å². The number of urea groups is 1. The van der Waals surface area contributed by atoms with Gasteiger partial charge < -0.3 is 15.7 Å². The smallest absolute Gasteiger partial charge is 0.319 e. The van der Waals surface area contributed by atoms with Crippen molar-refractivity contribution < 1.29 is 9.90 Å². The van der Waals surface area contributed by atoms with E-state index in [1.165, 1.54) is 0 Å². The summed E-state index contributed by atoms with van der Waals surface area (Å²) in [5.41, 5.74) is 1.88. The number of hydrogen-bond donors (Lipinski definition) is 3. The van der Waals surface area contributed by atoms with Gasteiger partial charge in [0.2, 0.25) is 0 Å². The molecule has 1 unspecified atom stereocenters. The van der Waals surface area contributed by atoms with E-state index in [-0.39, 0.29) is 18.7 Å². The van der Waals surface area contributed by atoms with Gasteiger partial charge in [0.05, 0.1) is 0 Å². The van der Waals surface area contributed by atoms with Gasteiger partial charge in [0.1, 0.15) is 0 Å². The van der Waals surface area contributed by atoms with Gasteiger partial charge in [0.25, 0.3) is 0 Å². The fourth-order valence-electron chi connectivity index (χ4n) is 1.63. The zero-order valence-electron chi connectivity index (χ0n) is 10.8. The van der Waals surface area contributed by atoms with Crippen LogP contribution in [-0.4, -0.2) is 35.8 Å². The number of benzene rings is 1. The van der Waals surface area contributed by atoms with E-state index in [1.54, 1.807) is 11.8 Å². The van der Waals surface area contributed by atoms with Crippen LogP contribution in [-0.2, 0) is 0 Å². The van der Waals surface area contributed by atoms with E-state index in [1.807, 2.05) is 37.4 Å². The van der Waals surface area contributed by atoms with E-state index in [0.29, 0.717) is 6.42 Å². The zero-order valence-corrected chi connectivity index (χ0v) is 11.6. The first-order valence-electron chi connectivity index (χ1n) is 5.89. The second-order valence-corrected chi connectivity index (χ2v) is 5.04. The van der Waals surface area contributed by atoms with Crippen LogP contribution in [0.25, 0.3) is 0 Å². The summed E-state index contributed by atoms with van der Waals surface area (Å²) in [6.07, 6.45) is 2.55. The Morgan fingerprint density at radius 3 is 2.89 bits per heavy atom. The van der Waals surface area contributed by atoms with Crippen molar-refractivity contribution in [3.8, 4) is 0 Å². The minimum Gasteiger partial charge on any atom is -0.396 e. The monoisotopic (exact) mass is 268 g/mol. The molecule has 1 aromatic rings. The highest BCUT2D eigenvalue weighted by Crippen LogP contribution is 2.09. The minimum absolute atomic E-state index is 0.00481. The molecule has 1 aromatic carbocycles. The molecule has 18 heavy (non-hydrogen) atoms. The molecule has 0 radical (unpaired) electrons. The van der Waals surface area contributed by atoms with Crippen LogP contribution >= 0.6 is 11.8 Å². The van der Waals surface area contributed by atoms with Gasteiger partial charge in [0.15, 0.2) is 0 Å². The molecule has 0 aromatic heterocycles. The molecule has 1 rings (SSSR count). The summed E-state index contributed by atoms with van der Waals surface area (Å²) in [4.78, 5) is 11.8. The molecule has 2 amide bonds. The Labute approximate surface area is 112 Å². The minimum atomic E-state index is -0.229. The summed E-state index contributed by atoms with van der Waals surface area (Å²) in [6.45, 7) is 2.06. The van der Waals surface area contributed by atoms with E-state index in [0.717, 1.165) is 17.0 Å². The van der Waals surface area contributed by atoms with Crippen molar-refractivity contribution >= 4 is 23.5 Å². The average molecular weight is 268 g/mol. The zero-order chi connectivity index (χ0) is 13.4. The summed E-state index contributed by atoms with van der Waals surface area (Å²) in [6, 6.07) is 7.41. The Morgan fingerprint density at radius 1 is 1.50 bits per heavy atom. The summed E-state index contributed by atoms with van der Waals surface area (Å²) in [5.74, 6) is 0.793. The molecule has 3 N–H and O–H groups in total. The predicted molar refractivity (Wildman–Crippen MR) is 77.2 cm³/mol. The first-order valence-corrected chi connectivity index (χ1v) is 7.29. The number of carbonyl (C=O) groups excluding carboxylic acids is 1. The van der Waals surface area contributed by atoms with Crippen molar-refractivity contribution in [2.24, 2.45) is 0 Å². The van der Waals surface area contributed by atoms with Crippen molar-refractivity contribution in [2.75, 3.05) is 23.9 Å². The van der Waals surface area contributed by atoms with Crippen LogP contribution in [0.3, 0.4) is 0 Å². The lowest BCUT2D eigenvalue weighted by atomic mass is 10.2. The number of nitrogens with one attached hydrogen (secondary N) is 2. The predicted octanol–water partition coefficient (Wildman–Crippen LogP) is 2.23. The van der Waals surface area contributed by atoms with Gasteiger partial charge >= 0.3 is 6.03 Å². The van der Waals surface area contributed by atoms with E-state index >= 15 is 0 Å². The maximum absolute atomic E-state index is 11.8. The van der Waals surface area contributed by atoms with Gasteiger partial charge in [-0.3, -0.25) is 0 Å². The summed E-state index contributed by atoms with van der Waals surface area (Å²) < 4.78 is 0. The first kappa shape index (κ1) is 14.9. The van der Waals surface area contributed by atoms with Gasteiger partial charge in [-0.15, -0.1) is 0 Å². The number of aliphatic hydroxyl groups is 1. The highest BCUT2D eigenvalue weighted by atomic mass is 32.2. The van der Waals surface area contributed by atoms with E-state index < -0.39 is 0 Å². The number of hydrogen-bond acceptors (Lipinski definition) is 3. The molecule has 0 heterocycles. The van der Waals surface area contributed by atoms with Crippen LogP contribution in [0.2, 0.25) is 0 Å². The highest BCUT2D eigenvalue weighted by molar-refractivity contribution is 7.98. The van der Waals surface area contributed by atoms with Crippen LogP contribution in [0.1, 0.15) is 12.0 Å². The molecule has 0 saturated carbocycles.